The van der Waals surface area contributed by atoms with Crippen molar-refractivity contribution in [2.45, 2.75) is 46.8 Å². The van der Waals surface area contributed by atoms with Crippen molar-refractivity contribution in [3.63, 3.8) is 0 Å². The molecule has 3 aromatic rings. The molecular formula is C26H29N3O5. The number of ether oxygens (including phenoxy) is 2. The SMILES string of the molecule is Cc1ccc(CN(Cc2cc(C(=O)NCc3ccc4c(c3)OCO4)no2)C(=O)CC(C)C)cc1. The molecule has 0 aliphatic carbocycles. The lowest BCUT2D eigenvalue weighted by Gasteiger charge is -2.22. The second-order valence-corrected chi connectivity index (χ2v) is 8.88. The number of carbonyl (C=O) groups is 2. The zero-order valence-electron chi connectivity index (χ0n) is 19.7. The maximum atomic E-state index is 12.9. The molecule has 1 aliphatic rings. The van der Waals surface area contributed by atoms with Crippen molar-refractivity contribution in [3.05, 3.63) is 76.7 Å². The third-order valence-corrected chi connectivity index (χ3v) is 5.46. The van der Waals surface area contributed by atoms with E-state index in [9.17, 15) is 9.59 Å². The summed E-state index contributed by atoms with van der Waals surface area (Å²) in [5, 5.41) is 6.74. The Hall–Kier alpha value is -3.81. The van der Waals surface area contributed by atoms with Gasteiger partial charge in [-0.25, -0.2) is 0 Å². The molecule has 0 saturated heterocycles. The summed E-state index contributed by atoms with van der Waals surface area (Å²) in [6, 6.07) is 15.2. The highest BCUT2D eigenvalue weighted by atomic mass is 16.7. The van der Waals surface area contributed by atoms with Gasteiger partial charge in [-0.05, 0) is 36.1 Å². The summed E-state index contributed by atoms with van der Waals surface area (Å²) in [5.41, 5.74) is 3.24. The Morgan fingerprint density at radius 1 is 1.00 bits per heavy atom. The summed E-state index contributed by atoms with van der Waals surface area (Å²) >= 11 is 0. The van der Waals surface area contributed by atoms with Gasteiger partial charge in [-0.15, -0.1) is 0 Å². The summed E-state index contributed by atoms with van der Waals surface area (Å²) in [6.45, 7) is 7.26. The molecular weight excluding hydrogens is 434 g/mol. The molecule has 0 saturated carbocycles. The number of nitrogens with one attached hydrogen (secondary N) is 1. The van der Waals surface area contributed by atoms with Gasteiger partial charge in [0, 0.05) is 25.6 Å². The van der Waals surface area contributed by atoms with Crippen molar-refractivity contribution in [2.75, 3.05) is 6.79 Å². The molecule has 2 aromatic carbocycles. The van der Waals surface area contributed by atoms with E-state index >= 15 is 0 Å². The molecule has 4 rings (SSSR count). The first-order valence-corrected chi connectivity index (χ1v) is 11.3. The van der Waals surface area contributed by atoms with Gasteiger partial charge in [0.15, 0.2) is 23.0 Å². The largest absolute Gasteiger partial charge is 0.454 e. The van der Waals surface area contributed by atoms with Gasteiger partial charge in [-0.3, -0.25) is 9.59 Å². The molecule has 0 bridgehead atoms. The summed E-state index contributed by atoms with van der Waals surface area (Å²) in [4.78, 5) is 27.2. The van der Waals surface area contributed by atoms with Crippen LogP contribution in [0.25, 0.3) is 0 Å². The smallest absolute Gasteiger partial charge is 0.273 e. The van der Waals surface area contributed by atoms with Crippen LogP contribution < -0.4 is 14.8 Å². The maximum Gasteiger partial charge on any atom is 0.273 e. The summed E-state index contributed by atoms with van der Waals surface area (Å²) in [5.74, 6) is 1.72. The Bertz CT molecular complexity index is 1150. The molecule has 8 nitrogen and oxygen atoms in total. The third kappa shape index (κ3) is 5.95. The number of fused-ring (bicyclic) bond motifs is 1. The van der Waals surface area contributed by atoms with Crippen molar-refractivity contribution in [2.24, 2.45) is 5.92 Å². The van der Waals surface area contributed by atoms with Crippen LogP contribution in [0.2, 0.25) is 0 Å². The maximum absolute atomic E-state index is 12.9. The molecule has 178 valence electrons. The van der Waals surface area contributed by atoms with Crippen molar-refractivity contribution in [1.82, 2.24) is 15.4 Å². The Morgan fingerprint density at radius 2 is 1.74 bits per heavy atom. The van der Waals surface area contributed by atoms with E-state index in [1.54, 1.807) is 11.0 Å². The minimum absolute atomic E-state index is 0.0285. The molecule has 1 aromatic heterocycles. The van der Waals surface area contributed by atoms with Crippen LogP contribution in [0.5, 0.6) is 11.5 Å². The van der Waals surface area contributed by atoms with Crippen molar-refractivity contribution in [1.29, 1.82) is 0 Å². The average molecular weight is 464 g/mol. The van der Waals surface area contributed by atoms with Gasteiger partial charge in [0.1, 0.15) is 0 Å². The van der Waals surface area contributed by atoms with Gasteiger partial charge in [-0.1, -0.05) is 54.9 Å². The van der Waals surface area contributed by atoms with E-state index in [-0.39, 0.29) is 36.8 Å². The fourth-order valence-corrected chi connectivity index (χ4v) is 3.63. The second-order valence-electron chi connectivity index (χ2n) is 8.88. The quantitative estimate of drug-likeness (QED) is 0.511. The van der Waals surface area contributed by atoms with Crippen molar-refractivity contribution >= 4 is 11.8 Å². The molecule has 8 heteroatoms. The zero-order valence-corrected chi connectivity index (χ0v) is 19.7. The lowest BCUT2D eigenvalue weighted by molar-refractivity contribution is -0.133. The average Bonchev–Trinajstić information content (AvgIpc) is 3.47. The highest BCUT2D eigenvalue weighted by Crippen LogP contribution is 2.32. The van der Waals surface area contributed by atoms with Crippen LogP contribution >= 0.6 is 0 Å². The zero-order chi connectivity index (χ0) is 24.1. The molecule has 0 radical (unpaired) electrons. The first-order chi connectivity index (χ1) is 16.4. The number of aryl methyl sites for hydroxylation is 1. The predicted molar refractivity (Wildman–Crippen MR) is 125 cm³/mol. The fraction of sp³-hybridized carbons (Fsp3) is 0.346. The minimum Gasteiger partial charge on any atom is -0.454 e. The molecule has 34 heavy (non-hydrogen) atoms. The van der Waals surface area contributed by atoms with E-state index in [0.29, 0.717) is 36.8 Å². The monoisotopic (exact) mass is 463 g/mol. The van der Waals surface area contributed by atoms with Crippen LogP contribution in [0.1, 0.15) is 53.2 Å². The number of amides is 2. The number of aromatic nitrogens is 1. The lowest BCUT2D eigenvalue weighted by Crippen LogP contribution is -2.30. The molecule has 2 heterocycles. The number of hydrogen-bond donors (Lipinski definition) is 1. The van der Waals surface area contributed by atoms with E-state index in [1.165, 1.54) is 0 Å². The van der Waals surface area contributed by atoms with Gasteiger partial charge in [0.25, 0.3) is 5.91 Å². The van der Waals surface area contributed by atoms with Crippen LogP contribution in [-0.2, 0) is 24.4 Å². The third-order valence-electron chi connectivity index (χ3n) is 5.46. The number of benzene rings is 2. The molecule has 0 unspecified atom stereocenters. The van der Waals surface area contributed by atoms with Crippen LogP contribution in [0.3, 0.4) is 0 Å². The van der Waals surface area contributed by atoms with Crippen LogP contribution in [-0.4, -0.2) is 28.7 Å². The molecule has 1 N–H and O–H groups in total. The number of carbonyl (C=O) groups excluding carboxylic acids is 2. The number of hydrogen-bond acceptors (Lipinski definition) is 6. The van der Waals surface area contributed by atoms with Crippen molar-refractivity contribution in [3.8, 4) is 11.5 Å². The standard InChI is InChI=1S/C26H29N3O5/c1-17(2)10-25(30)29(14-19-6-4-18(3)5-7-19)15-21-12-22(28-34-21)26(31)27-13-20-8-9-23-24(11-20)33-16-32-23/h4-9,11-12,17H,10,13-16H2,1-3H3,(H,27,31). The fourth-order valence-electron chi connectivity index (χ4n) is 3.63. The number of rotatable bonds is 9. The van der Waals surface area contributed by atoms with E-state index < -0.39 is 0 Å². The van der Waals surface area contributed by atoms with E-state index in [4.69, 9.17) is 14.0 Å². The summed E-state index contributed by atoms with van der Waals surface area (Å²) < 4.78 is 16.1. The molecule has 0 atom stereocenters. The Kier molecular flexibility index (Phi) is 7.15. The van der Waals surface area contributed by atoms with E-state index in [0.717, 1.165) is 16.7 Å². The number of nitrogens with zero attached hydrogens (tertiary/aromatic N) is 2. The topological polar surface area (TPSA) is 93.9 Å². The Labute approximate surface area is 198 Å². The molecule has 1 aliphatic heterocycles. The Morgan fingerprint density at radius 3 is 2.50 bits per heavy atom. The van der Waals surface area contributed by atoms with Crippen LogP contribution in [0.4, 0.5) is 0 Å². The van der Waals surface area contributed by atoms with Gasteiger partial charge in [0.2, 0.25) is 12.7 Å². The van der Waals surface area contributed by atoms with Crippen molar-refractivity contribution < 1.29 is 23.6 Å². The van der Waals surface area contributed by atoms with Gasteiger partial charge in [-0.2, -0.15) is 0 Å². The first kappa shape index (κ1) is 23.4. The molecule has 0 spiro atoms. The van der Waals surface area contributed by atoms with E-state index in [2.05, 4.69) is 10.5 Å². The highest BCUT2D eigenvalue weighted by molar-refractivity contribution is 5.92. The highest BCUT2D eigenvalue weighted by Gasteiger charge is 2.20. The van der Waals surface area contributed by atoms with Crippen LogP contribution in [0.15, 0.2) is 53.1 Å². The Balaban J connectivity index is 1.39. The first-order valence-electron chi connectivity index (χ1n) is 11.3. The van der Waals surface area contributed by atoms with Gasteiger partial charge in [0.05, 0.1) is 6.54 Å². The van der Waals surface area contributed by atoms with Gasteiger partial charge < -0.3 is 24.2 Å². The van der Waals surface area contributed by atoms with Crippen LogP contribution in [0, 0.1) is 12.8 Å². The summed E-state index contributed by atoms with van der Waals surface area (Å²) in [6.07, 6.45) is 0.433. The van der Waals surface area contributed by atoms with Gasteiger partial charge >= 0.3 is 0 Å². The minimum atomic E-state index is -0.355. The molecule has 2 amide bonds. The summed E-state index contributed by atoms with van der Waals surface area (Å²) in [7, 11) is 0. The van der Waals surface area contributed by atoms with E-state index in [1.807, 2.05) is 63.2 Å². The second kappa shape index (κ2) is 10.4. The predicted octanol–water partition coefficient (Wildman–Crippen LogP) is 4.22. The lowest BCUT2D eigenvalue weighted by atomic mass is 10.1. The molecule has 0 fully saturated rings. The normalized spacial score (nSPS) is 12.1.